The first-order chi connectivity index (χ1) is 41.7. The van der Waals surface area contributed by atoms with Gasteiger partial charge in [-0.2, -0.15) is 0 Å². The monoisotopic (exact) mass is 1190 g/mol. The lowest BCUT2D eigenvalue weighted by Gasteiger charge is -2.41. The number of allylic oxidation sites excluding steroid dienone is 15. The van der Waals surface area contributed by atoms with Crippen molar-refractivity contribution >= 4 is 11.9 Å². The highest BCUT2D eigenvalue weighted by atomic mass is 16.7. The van der Waals surface area contributed by atoms with Gasteiger partial charge < -0.3 is 45.1 Å². The van der Waals surface area contributed by atoms with E-state index in [4.69, 9.17) is 14.2 Å². The van der Waals surface area contributed by atoms with Crippen molar-refractivity contribution in [3.63, 3.8) is 0 Å². The van der Waals surface area contributed by atoms with E-state index >= 15 is 0 Å². The van der Waals surface area contributed by atoms with Crippen LogP contribution in [0.4, 0.5) is 0 Å². The van der Waals surface area contributed by atoms with Gasteiger partial charge in [-0.15, -0.1) is 0 Å². The van der Waals surface area contributed by atoms with Gasteiger partial charge in [-0.1, -0.05) is 279 Å². The molecule has 0 saturated carbocycles. The zero-order chi connectivity index (χ0) is 61.7. The molecule has 1 rings (SSSR count). The van der Waals surface area contributed by atoms with Gasteiger partial charge in [0.25, 0.3) is 0 Å². The smallest absolute Gasteiger partial charge is 0.306 e. The molecule has 490 valence electrons. The van der Waals surface area contributed by atoms with Gasteiger partial charge in [0.2, 0.25) is 5.91 Å². The van der Waals surface area contributed by atoms with Gasteiger partial charge >= 0.3 is 5.97 Å². The van der Waals surface area contributed by atoms with E-state index in [0.717, 1.165) is 96.3 Å². The average Bonchev–Trinajstić information content (AvgIpc) is 3.51. The summed E-state index contributed by atoms with van der Waals surface area (Å²) >= 11 is 0. The number of unbranched alkanes of at least 4 members (excludes halogenated alkanes) is 31. The molecular weight excluding hydrogens is 1060 g/mol. The molecule has 11 heteroatoms. The van der Waals surface area contributed by atoms with Crippen molar-refractivity contribution < 1.29 is 49.3 Å². The Morgan fingerprint density at radius 1 is 0.459 bits per heavy atom. The van der Waals surface area contributed by atoms with Crippen LogP contribution in [0.2, 0.25) is 0 Å². The van der Waals surface area contributed by atoms with Crippen LogP contribution in [-0.4, -0.2) is 99.6 Å². The molecule has 0 aromatic rings. The number of carbonyl (C=O) groups is 2. The van der Waals surface area contributed by atoms with E-state index in [-0.39, 0.29) is 19.4 Å². The molecule has 1 aliphatic heterocycles. The van der Waals surface area contributed by atoms with Crippen molar-refractivity contribution in [2.45, 2.75) is 346 Å². The third kappa shape index (κ3) is 48.2. The molecule has 85 heavy (non-hydrogen) atoms. The SMILES string of the molecule is CCCCC/C=C\C/C=C\C/C=C\C/C=C\CCCCC(O)C(=O)NC(COC1OC(CO)C(O)C(O)C1OC(=O)CCCCCCCCCCCCCCCC/C=C\C/C=C\C/C=C\CCCCC)C(O)/C=C/CCCCCCCCCCC. The number of ether oxygens (including phenoxy) is 3. The van der Waals surface area contributed by atoms with Crippen molar-refractivity contribution in [3.05, 3.63) is 97.2 Å². The number of nitrogens with one attached hydrogen (secondary N) is 1. The Bertz CT molecular complexity index is 1750. The molecule has 1 heterocycles. The van der Waals surface area contributed by atoms with Gasteiger partial charge in [0.1, 0.15) is 24.4 Å². The minimum Gasteiger partial charge on any atom is -0.454 e. The highest BCUT2D eigenvalue weighted by Gasteiger charge is 2.47. The lowest BCUT2D eigenvalue weighted by atomic mass is 9.99. The summed E-state index contributed by atoms with van der Waals surface area (Å²) < 4.78 is 17.7. The lowest BCUT2D eigenvalue weighted by molar-refractivity contribution is -0.305. The van der Waals surface area contributed by atoms with Crippen LogP contribution in [0, 0.1) is 0 Å². The molecule has 1 fully saturated rings. The molecule has 8 unspecified atom stereocenters. The lowest BCUT2D eigenvalue weighted by Crippen LogP contribution is -2.61. The summed E-state index contributed by atoms with van der Waals surface area (Å²) in [6.07, 6.45) is 71.7. The Kier molecular flexibility index (Phi) is 57.0. The predicted octanol–water partition coefficient (Wildman–Crippen LogP) is 17.8. The van der Waals surface area contributed by atoms with Gasteiger partial charge in [-0.3, -0.25) is 9.59 Å². The molecule has 8 atom stereocenters. The van der Waals surface area contributed by atoms with Gasteiger partial charge in [0.05, 0.1) is 25.4 Å². The first kappa shape index (κ1) is 79.6. The Balaban J connectivity index is 2.56. The molecule has 1 amide bonds. The third-order valence-electron chi connectivity index (χ3n) is 16.0. The maximum absolute atomic E-state index is 13.4. The zero-order valence-electron chi connectivity index (χ0n) is 54.5. The van der Waals surface area contributed by atoms with E-state index in [0.29, 0.717) is 12.8 Å². The maximum Gasteiger partial charge on any atom is 0.306 e. The number of rotatable bonds is 59. The topological polar surface area (TPSA) is 175 Å². The number of carbonyl (C=O) groups excluding carboxylic acids is 2. The van der Waals surface area contributed by atoms with E-state index in [1.54, 1.807) is 6.08 Å². The largest absolute Gasteiger partial charge is 0.454 e. The number of hydrogen-bond donors (Lipinski definition) is 6. The van der Waals surface area contributed by atoms with E-state index in [1.165, 1.54) is 154 Å². The summed E-state index contributed by atoms with van der Waals surface area (Å²) in [6, 6.07) is -1.05. The van der Waals surface area contributed by atoms with E-state index in [9.17, 15) is 35.1 Å². The number of aliphatic hydroxyl groups excluding tert-OH is 5. The molecule has 0 aromatic carbocycles. The fourth-order valence-corrected chi connectivity index (χ4v) is 10.4. The summed E-state index contributed by atoms with van der Waals surface area (Å²) in [5.41, 5.74) is 0. The molecule has 0 radical (unpaired) electrons. The summed E-state index contributed by atoms with van der Waals surface area (Å²) in [4.78, 5) is 26.6. The predicted molar refractivity (Wildman–Crippen MR) is 356 cm³/mol. The minimum atomic E-state index is -1.62. The summed E-state index contributed by atoms with van der Waals surface area (Å²) in [5, 5.41) is 57.1. The van der Waals surface area contributed by atoms with E-state index < -0.39 is 67.4 Å². The number of amides is 1. The van der Waals surface area contributed by atoms with Crippen LogP contribution < -0.4 is 5.32 Å². The van der Waals surface area contributed by atoms with Gasteiger partial charge in [0, 0.05) is 6.42 Å². The van der Waals surface area contributed by atoms with Crippen LogP contribution >= 0.6 is 0 Å². The standard InChI is InChI=1S/C74H129NO10/c1-4-7-10-13-16-19-22-24-26-28-30-31-32-33-34-35-36-37-38-40-42-44-47-50-53-56-59-62-69(79)85-72-71(81)70(80)68(63-76)84-74(72)83-64-65(66(77)60-57-54-51-48-45-21-18-15-12-9-6-3)75-73(82)67(78)61-58-55-52-49-46-43-41-39-29-27-25-23-20-17-14-11-8-5-2/h16-17,19-20,24-27,30-31,39,41,46,49,57,60,65-68,70-72,74,76-78,80-81H,4-15,18,21-23,28-29,32-38,40,42-45,47-48,50-56,58-59,61-64H2,1-3H3,(H,75,82)/b19-16-,20-17-,26-24-,27-25-,31-30-,41-39-,49-46-,60-57+. The van der Waals surface area contributed by atoms with Crippen LogP contribution in [0.25, 0.3) is 0 Å². The van der Waals surface area contributed by atoms with Gasteiger partial charge in [-0.05, 0) is 109 Å². The molecule has 0 aliphatic carbocycles. The van der Waals surface area contributed by atoms with E-state index in [2.05, 4.69) is 111 Å². The van der Waals surface area contributed by atoms with Crippen molar-refractivity contribution in [1.82, 2.24) is 5.32 Å². The van der Waals surface area contributed by atoms with Crippen molar-refractivity contribution in [2.24, 2.45) is 0 Å². The van der Waals surface area contributed by atoms with Crippen LogP contribution in [0.5, 0.6) is 0 Å². The first-order valence-corrected chi connectivity index (χ1v) is 35.0. The molecule has 11 nitrogen and oxygen atoms in total. The Labute approximate surface area is 520 Å². The van der Waals surface area contributed by atoms with E-state index in [1.807, 2.05) is 6.08 Å². The molecule has 0 bridgehead atoms. The minimum absolute atomic E-state index is 0.115. The summed E-state index contributed by atoms with van der Waals surface area (Å²) in [7, 11) is 0. The van der Waals surface area contributed by atoms with Crippen molar-refractivity contribution in [1.29, 1.82) is 0 Å². The van der Waals surface area contributed by atoms with Crippen molar-refractivity contribution in [2.75, 3.05) is 13.2 Å². The molecule has 1 saturated heterocycles. The van der Waals surface area contributed by atoms with Crippen LogP contribution in [0.3, 0.4) is 0 Å². The Morgan fingerprint density at radius 2 is 0.812 bits per heavy atom. The second kappa shape index (κ2) is 60.8. The number of aliphatic hydroxyl groups is 5. The second-order valence-corrected chi connectivity index (χ2v) is 23.9. The molecule has 0 aromatic heterocycles. The molecule has 0 spiro atoms. The van der Waals surface area contributed by atoms with Crippen LogP contribution in [0.1, 0.15) is 297 Å². The Hall–Kier alpha value is -3.42. The van der Waals surface area contributed by atoms with Crippen LogP contribution in [-0.2, 0) is 23.8 Å². The summed E-state index contributed by atoms with van der Waals surface area (Å²) in [5.74, 6) is -1.23. The normalized spacial score (nSPS) is 19.0. The fraction of sp³-hybridized carbons (Fsp3) is 0.757. The van der Waals surface area contributed by atoms with Gasteiger partial charge in [-0.25, -0.2) is 0 Å². The number of esters is 1. The summed E-state index contributed by atoms with van der Waals surface area (Å²) in [6.45, 7) is 5.72. The highest BCUT2D eigenvalue weighted by molar-refractivity contribution is 5.80. The molecule has 6 N–H and O–H groups in total. The molecule has 1 aliphatic rings. The van der Waals surface area contributed by atoms with Gasteiger partial charge in [0.15, 0.2) is 12.4 Å². The number of hydrogen-bond acceptors (Lipinski definition) is 10. The fourth-order valence-electron chi connectivity index (χ4n) is 10.4. The maximum atomic E-state index is 13.4. The highest BCUT2D eigenvalue weighted by Crippen LogP contribution is 2.26. The zero-order valence-corrected chi connectivity index (χ0v) is 54.5. The Morgan fingerprint density at radius 3 is 1.24 bits per heavy atom. The molecular formula is C74H129NO10. The third-order valence-corrected chi connectivity index (χ3v) is 16.0. The first-order valence-electron chi connectivity index (χ1n) is 35.0. The quantitative estimate of drug-likeness (QED) is 0.0195. The average molecular weight is 1190 g/mol. The second-order valence-electron chi connectivity index (χ2n) is 23.9. The van der Waals surface area contributed by atoms with Crippen molar-refractivity contribution in [3.8, 4) is 0 Å². The van der Waals surface area contributed by atoms with Crippen LogP contribution in [0.15, 0.2) is 97.2 Å².